The number of hydrogen-bond donors (Lipinski definition) is 1. The highest BCUT2D eigenvalue weighted by Gasteiger charge is 2.23. The highest BCUT2D eigenvalue weighted by molar-refractivity contribution is 5.22. The fraction of sp³-hybridized carbons (Fsp3) is 0.538. The van der Waals surface area contributed by atoms with E-state index in [1.165, 1.54) is 11.1 Å². The first kappa shape index (κ1) is 10.7. The molecule has 2 unspecified atom stereocenters. The summed E-state index contributed by atoms with van der Waals surface area (Å²) in [4.78, 5) is 0. The molecule has 0 bridgehead atoms. The van der Waals surface area contributed by atoms with Crippen LogP contribution in [0.1, 0.15) is 24.0 Å². The zero-order valence-corrected chi connectivity index (χ0v) is 9.15. The monoisotopic (exact) mass is 206 g/mol. The molecule has 1 aromatic rings. The smallest absolute Gasteiger partial charge is 0.0842 e. The van der Waals surface area contributed by atoms with E-state index in [0.29, 0.717) is 6.42 Å². The molecule has 0 radical (unpaired) electrons. The summed E-state index contributed by atoms with van der Waals surface area (Å²) in [5.41, 5.74) is 2.44. The van der Waals surface area contributed by atoms with E-state index in [9.17, 15) is 5.11 Å². The molecule has 2 atom stereocenters. The van der Waals surface area contributed by atoms with Crippen molar-refractivity contribution >= 4 is 0 Å². The lowest BCUT2D eigenvalue weighted by Crippen LogP contribution is -2.27. The molecule has 2 rings (SSSR count). The molecule has 0 saturated carbocycles. The van der Waals surface area contributed by atoms with Gasteiger partial charge in [-0.15, -0.1) is 0 Å². The molecule has 1 aliphatic rings. The first-order valence-electron chi connectivity index (χ1n) is 5.61. The molecule has 2 heteroatoms. The third-order valence-electron chi connectivity index (χ3n) is 2.92. The molecule has 1 N–H and O–H groups in total. The van der Waals surface area contributed by atoms with Gasteiger partial charge >= 0.3 is 0 Å². The predicted molar refractivity (Wildman–Crippen MR) is 59.9 cm³/mol. The second kappa shape index (κ2) is 4.77. The fourth-order valence-corrected chi connectivity index (χ4v) is 2.12. The van der Waals surface area contributed by atoms with Crippen LogP contribution in [0.15, 0.2) is 24.3 Å². The Morgan fingerprint density at radius 1 is 1.53 bits per heavy atom. The number of ether oxygens (including phenoxy) is 1. The molecule has 1 fully saturated rings. The molecular formula is C13H18O2. The third-order valence-corrected chi connectivity index (χ3v) is 2.92. The molecule has 0 spiro atoms. The van der Waals surface area contributed by atoms with Crippen molar-refractivity contribution in [3.63, 3.8) is 0 Å². The number of rotatable bonds is 3. The summed E-state index contributed by atoms with van der Waals surface area (Å²) < 4.78 is 5.47. The lowest BCUT2D eigenvalue weighted by Gasteiger charge is -2.17. The summed E-state index contributed by atoms with van der Waals surface area (Å²) in [5, 5.41) is 9.97. The minimum absolute atomic E-state index is 0.0468. The third kappa shape index (κ3) is 2.80. The molecule has 82 valence electrons. The van der Waals surface area contributed by atoms with Gasteiger partial charge in [0.05, 0.1) is 12.2 Å². The molecule has 1 saturated heterocycles. The maximum absolute atomic E-state index is 9.97. The van der Waals surface area contributed by atoms with Gasteiger partial charge in [0.1, 0.15) is 0 Å². The van der Waals surface area contributed by atoms with E-state index in [-0.39, 0.29) is 12.2 Å². The van der Waals surface area contributed by atoms with Crippen molar-refractivity contribution < 1.29 is 9.84 Å². The summed E-state index contributed by atoms with van der Waals surface area (Å²) in [7, 11) is 0. The van der Waals surface area contributed by atoms with E-state index in [0.717, 1.165) is 19.4 Å². The van der Waals surface area contributed by atoms with Gasteiger partial charge in [0.15, 0.2) is 0 Å². The number of benzene rings is 1. The lowest BCUT2D eigenvalue weighted by atomic mass is 10.0. The molecule has 2 nitrogen and oxygen atoms in total. The van der Waals surface area contributed by atoms with Gasteiger partial charge in [-0.05, 0) is 25.3 Å². The average Bonchev–Trinajstić information content (AvgIpc) is 2.70. The van der Waals surface area contributed by atoms with Crippen molar-refractivity contribution in [3.05, 3.63) is 35.4 Å². The van der Waals surface area contributed by atoms with E-state index < -0.39 is 0 Å². The summed E-state index contributed by atoms with van der Waals surface area (Å²) >= 11 is 0. The van der Waals surface area contributed by atoms with Gasteiger partial charge in [0, 0.05) is 13.0 Å². The fourth-order valence-electron chi connectivity index (χ4n) is 2.12. The SMILES string of the molecule is Cc1cccc(CC(O)C2CCCO2)c1. The van der Waals surface area contributed by atoms with Gasteiger partial charge < -0.3 is 9.84 Å². The number of aryl methyl sites for hydroxylation is 1. The molecule has 0 aliphatic carbocycles. The molecule has 1 aliphatic heterocycles. The van der Waals surface area contributed by atoms with Crippen LogP contribution in [-0.4, -0.2) is 23.9 Å². The molecule has 1 heterocycles. The van der Waals surface area contributed by atoms with Crippen LogP contribution in [0.3, 0.4) is 0 Å². The van der Waals surface area contributed by atoms with Crippen LogP contribution in [0.25, 0.3) is 0 Å². The van der Waals surface area contributed by atoms with Crippen molar-refractivity contribution in [1.82, 2.24) is 0 Å². The molecule has 15 heavy (non-hydrogen) atoms. The van der Waals surface area contributed by atoms with Gasteiger partial charge in [-0.1, -0.05) is 29.8 Å². The zero-order valence-electron chi connectivity index (χ0n) is 9.15. The van der Waals surface area contributed by atoms with Crippen LogP contribution in [-0.2, 0) is 11.2 Å². The van der Waals surface area contributed by atoms with Crippen LogP contribution in [0, 0.1) is 6.92 Å². The number of hydrogen-bond acceptors (Lipinski definition) is 2. The largest absolute Gasteiger partial charge is 0.390 e. The van der Waals surface area contributed by atoms with Crippen LogP contribution < -0.4 is 0 Å². The summed E-state index contributed by atoms with van der Waals surface area (Å²) in [6.45, 7) is 2.87. The predicted octanol–water partition coefficient (Wildman–Crippen LogP) is 2.08. The van der Waals surface area contributed by atoms with E-state index in [1.807, 2.05) is 6.07 Å². The van der Waals surface area contributed by atoms with Crippen molar-refractivity contribution in [2.45, 2.75) is 38.4 Å². The van der Waals surface area contributed by atoms with Crippen LogP contribution >= 0.6 is 0 Å². The van der Waals surface area contributed by atoms with Crippen LogP contribution in [0.5, 0.6) is 0 Å². The molecule has 0 aromatic heterocycles. The topological polar surface area (TPSA) is 29.5 Å². The first-order chi connectivity index (χ1) is 7.25. The first-order valence-corrected chi connectivity index (χ1v) is 5.61. The highest BCUT2D eigenvalue weighted by Crippen LogP contribution is 2.18. The highest BCUT2D eigenvalue weighted by atomic mass is 16.5. The van der Waals surface area contributed by atoms with E-state index >= 15 is 0 Å². The summed E-state index contributed by atoms with van der Waals surface area (Å²) in [6, 6.07) is 8.29. The van der Waals surface area contributed by atoms with Gasteiger partial charge in [0.2, 0.25) is 0 Å². The van der Waals surface area contributed by atoms with E-state index in [4.69, 9.17) is 4.74 Å². The molecular weight excluding hydrogens is 188 g/mol. The maximum atomic E-state index is 9.97. The minimum atomic E-state index is -0.353. The van der Waals surface area contributed by atoms with E-state index in [1.54, 1.807) is 0 Å². The summed E-state index contributed by atoms with van der Waals surface area (Å²) in [6.07, 6.45) is 2.47. The second-order valence-corrected chi connectivity index (χ2v) is 4.31. The van der Waals surface area contributed by atoms with E-state index in [2.05, 4.69) is 25.1 Å². The Hall–Kier alpha value is -0.860. The Morgan fingerprint density at radius 2 is 2.40 bits per heavy atom. The van der Waals surface area contributed by atoms with Crippen molar-refractivity contribution in [3.8, 4) is 0 Å². The van der Waals surface area contributed by atoms with Crippen molar-refractivity contribution in [1.29, 1.82) is 0 Å². The number of aliphatic hydroxyl groups excluding tert-OH is 1. The van der Waals surface area contributed by atoms with Crippen LogP contribution in [0.2, 0.25) is 0 Å². The Kier molecular flexibility index (Phi) is 3.39. The maximum Gasteiger partial charge on any atom is 0.0842 e. The zero-order chi connectivity index (χ0) is 10.7. The minimum Gasteiger partial charge on any atom is -0.390 e. The number of aliphatic hydroxyl groups is 1. The lowest BCUT2D eigenvalue weighted by molar-refractivity contribution is -0.000775. The summed E-state index contributed by atoms with van der Waals surface area (Å²) in [5.74, 6) is 0. The quantitative estimate of drug-likeness (QED) is 0.820. The van der Waals surface area contributed by atoms with Crippen molar-refractivity contribution in [2.24, 2.45) is 0 Å². The standard InChI is InChI=1S/C13H18O2/c1-10-4-2-5-11(8-10)9-12(14)13-6-3-7-15-13/h2,4-5,8,12-14H,3,6-7,9H2,1H3. The Balaban J connectivity index is 1.95. The Bertz CT molecular complexity index is 316. The van der Waals surface area contributed by atoms with Crippen LogP contribution in [0.4, 0.5) is 0 Å². The normalized spacial score (nSPS) is 22.9. The average molecular weight is 206 g/mol. The Morgan fingerprint density at radius 3 is 3.07 bits per heavy atom. The van der Waals surface area contributed by atoms with Gasteiger partial charge in [-0.3, -0.25) is 0 Å². The second-order valence-electron chi connectivity index (χ2n) is 4.31. The Labute approximate surface area is 90.9 Å². The van der Waals surface area contributed by atoms with Gasteiger partial charge in [0.25, 0.3) is 0 Å². The van der Waals surface area contributed by atoms with Gasteiger partial charge in [-0.25, -0.2) is 0 Å². The molecule has 0 amide bonds. The molecule has 1 aromatic carbocycles. The van der Waals surface area contributed by atoms with Crippen molar-refractivity contribution in [2.75, 3.05) is 6.61 Å². The van der Waals surface area contributed by atoms with Gasteiger partial charge in [-0.2, -0.15) is 0 Å².